The van der Waals surface area contributed by atoms with Crippen LogP contribution in [0.3, 0.4) is 0 Å². The van der Waals surface area contributed by atoms with Gasteiger partial charge in [-0.15, -0.1) is 0 Å². The molecule has 2 amide bonds. The number of rotatable bonds is 2. The van der Waals surface area contributed by atoms with E-state index in [1.807, 2.05) is 66.7 Å². The minimum absolute atomic E-state index is 0.0915. The number of nitrogens with zero attached hydrogens (tertiary/aromatic N) is 1. The molecule has 1 aliphatic heterocycles. The number of ketones is 1. The molecule has 3 aromatic rings. The van der Waals surface area contributed by atoms with Gasteiger partial charge >= 0.3 is 0 Å². The summed E-state index contributed by atoms with van der Waals surface area (Å²) in [6.07, 6.45) is 0. The lowest BCUT2D eigenvalue weighted by molar-refractivity contribution is -0.132. The highest BCUT2D eigenvalue weighted by atomic mass is 127. The first-order valence-electron chi connectivity index (χ1n) is 10.3. The molecule has 1 heterocycles. The van der Waals surface area contributed by atoms with E-state index < -0.39 is 17.3 Å². The van der Waals surface area contributed by atoms with Gasteiger partial charge in [-0.25, -0.2) is 4.90 Å². The predicted octanol–water partition coefficient (Wildman–Crippen LogP) is 4.43. The third-order valence-corrected chi connectivity index (χ3v) is 7.91. The Morgan fingerprint density at radius 2 is 1.48 bits per heavy atom. The van der Waals surface area contributed by atoms with Crippen LogP contribution in [0.2, 0.25) is 0 Å². The second kappa shape index (κ2) is 6.36. The molecule has 0 radical (unpaired) electrons. The van der Waals surface area contributed by atoms with Gasteiger partial charge in [0.15, 0.2) is 0 Å². The monoisotopic (exact) mass is 519 g/mol. The highest BCUT2D eigenvalue weighted by molar-refractivity contribution is 14.1. The van der Waals surface area contributed by atoms with Crippen molar-refractivity contribution in [3.63, 3.8) is 0 Å². The van der Waals surface area contributed by atoms with E-state index in [9.17, 15) is 14.4 Å². The van der Waals surface area contributed by atoms with Gasteiger partial charge < -0.3 is 0 Å². The number of carbonyl (C=O) groups is 3. The molecule has 0 N–H and O–H groups in total. The fourth-order valence-corrected chi connectivity index (χ4v) is 6.77. The summed E-state index contributed by atoms with van der Waals surface area (Å²) < 4.78 is 0.946. The summed E-state index contributed by atoms with van der Waals surface area (Å²) in [7, 11) is 0. The van der Waals surface area contributed by atoms with Crippen LogP contribution in [0.4, 0.5) is 5.69 Å². The molecule has 4 nitrogen and oxygen atoms in total. The molecule has 0 aromatic heterocycles. The molecular weight excluding hydrogens is 501 g/mol. The van der Waals surface area contributed by atoms with Crippen molar-refractivity contribution in [2.45, 2.75) is 18.3 Å². The molecule has 7 rings (SSSR count). The minimum Gasteiger partial charge on any atom is -0.299 e. The summed E-state index contributed by atoms with van der Waals surface area (Å²) in [6, 6.07) is 23.1. The molecule has 2 bridgehead atoms. The third kappa shape index (κ3) is 2.17. The number of benzene rings is 3. The van der Waals surface area contributed by atoms with Gasteiger partial charge in [0.05, 0.1) is 22.9 Å². The Morgan fingerprint density at radius 1 is 0.871 bits per heavy atom. The van der Waals surface area contributed by atoms with Gasteiger partial charge in [-0.1, -0.05) is 54.6 Å². The van der Waals surface area contributed by atoms with Crippen LogP contribution in [-0.4, -0.2) is 17.6 Å². The average molecular weight is 519 g/mol. The normalized spacial score (nSPS) is 27.7. The van der Waals surface area contributed by atoms with E-state index in [0.717, 1.165) is 25.8 Å². The van der Waals surface area contributed by atoms with Crippen molar-refractivity contribution in [3.05, 3.63) is 98.6 Å². The lowest BCUT2D eigenvalue weighted by Crippen LogP contribution is -2.57. The SMILES string of the molecule is CC(=O)C12c3ccccc3C(c3ccccc31)[C@@H]1C(=O)N(c3cccc(I)c3)C(=O)[C@H]12. The molecule has 3 aliphatic carbocycles. The van der Waals surface area contributed by atoms with Gasteiger partial charge in [0.25, 0.3) is 0 Å². The van der Waals surface area contributed by atoms with Crippen molar-refractivity contribution in [3.8, 4) is 0 Å². The minimum atomic E-state index is -1.14. The van der Waals surface area contributed by atoms with Crippen LogP contribution in [-0.2, 0) is 19.8 Å². The van der Waals surface area contributed by atoms with E-state index in [1.165, 1.54) is 4.90 Å². The molecule has 1 fully saturated rings. The number of imide groups is 1. The highest BCUT2D eigenvalue weighted by Gasteiger charge is 2.69. The lowest BCUT2D eigenvalue weighted by Gasteiger charge is -2.52. The van der Waals surface area contributed by atoms with Crippen molar-refractivity contribution >= 4 is 45.9 Å². The van der Waals surface area contributed by atoms with Crippen LogP contribution >= 0.6 is 22.6 Å². The summed E-state index contributed by atoms with van der Waals surface area (Å²) in [5, 5.41) is 0. The molecular formula is C26H18INO3. The van der Waals surface area contributed by atoms with Crippen molar-refractivity contribution in [1.29, 1.82) is 0 Å². The molecule has 4 aliphatic rings. The molecule has 3 aromatic carbocycles. The van der Waals surface area contributed by atoms with E-state index in [-0.39, 0.29) is 23.5 Å². The Morgan fingerprint density at radius 3 is 2.06 bits per heavy atom. The first-order valence-corrected chi connectivity index (χ1v) is 11.4. The van der Waals surface area contributed by atoms with Crippen LogP contribution in [0.25, 0.3) is 0 Å². The van der Waals surface area contributed by atoms with Crippen molar-refractivity contribution < 1.29 is 14.4 Å². The van der Waals surface area contributed by atoms with E-state index in [2.05, 4.69) is 22.6 Å². The van der Waals surface area contributed by atoms with Crippen LogP contribution < -0.4 is 4.90 Å². The Balaban J connectivity index is 1.68. The van der Waals surface area contributed by atoms with Gasteiger partial charge in [0.2, 0.25) is 11.8 Å². The van der Waals surface area contributed by atoms with Crippen LogP contribution in [0, 0.1) is 15.4 Å². The maximum Gasteiger partial charge on any atom is 0.239 e. The fraction of sp³-hybridized carbons (Fsp3) is 0.192. The van der Waals surface area contributed by atoms with Gasteiger partial charge in [0, 0.05) is 9.49 Å². The second-order valence-electron chi connectivity index (χ2n) is 8.51. The number of Topliss-reactive ketones (excluding diaryl/α,β-unsaturated/α-hetero) is 1. The Hall–Kier alpha value is -2.80. The average Bonchev–Trinajstić information content (AvgIpc) is 3.04. The predicted molar refractivity (Wildman–Crippen MR) is 125 cm³/mol. The Kier molecular flexibility index (Phi) is 3.88. The quantitative estimate of drug-likeness (QED) is 0.372. The highest BCUT2D eigenvalue weighted by Crippen LogP contribution is 2.64. The summed E-state index contributed by atoms with van der Waals surface area (Å²) in [4.78, 5) is 42.6. The van der Waals surface area contributed by atoms with Crippen molar-refractivity contribution in [1.82, 2.24) is 0 Å². The first kappa shape index (κ1) is 18.9. The smallest absolute Gasteiger partial charge is 0.239 e. The first-order chi connectivity index (χ1) is 15.0. The van der Waals surface area contributed by atoms with Gasteiger partial charge in [-0.05, 0) is 70.0 Å². The van der Waals surface area contributed by atoms with Crippen LogP contribution in [0.15, 0.2) is 72.8 Å². The van der Waals surface area contributed by atoms with E-state index in [1.54, 1.807) is 13.0 Å². The molecule has 0 spiro atoms. The van der Waals surface area contributed by atoms with Crippen LogP contribution in [0.5, 0.6) is 0 Å². The van der Waals surface area contributed by atoms with Gasteiger partial charge in [-0.3, -0.25) is 14.4 Å². The summed E-state index contributed by atoms with van der Waals surface area (Å²) in [5.74, 6) is -2.13. The number of carbonyl (C=O) groups excluding carboxylic acids is 3. The second-order valence-corrected chi connectivity index (χ2v) is 9.76. The number of halogens is 1. The number of amides is 2. The largest absolute Gasteiger partial charge is 0.299 e. The molecule has 0 unspecified atom stereocenters. The molecule has 5 heteroatoms. The zero-order valence-corrected chi connectivity index (χ0v) is 18.9. The number of hydrogen-bond acceptors (Lipinski definition) is 3. The van der Waals surface area contributed by atoms with E-state index in [0.29, 0.717) is 5.69 Å². The summed E-state index contributed by atoms with van der Waals surface area (Å²) in [5.41, 5.74) is 3.15. The van der Waals surface area contributed by atoms with Gasteiger partial charge in [-0.2, -0.15) is 0 Å². The topological polar surface area (TPSA) is 54.5 Å². The van der Waals surface area contributed by atoms with E-state index in [4.69, 9.17) is 0 Å². The van der Waals surface area contributed by atoms with Gasteiger partial charge in [0.1, 0.15) is 5.78 Å². The standard InChI is InChI=1S/C26H18INO3/c1-14(29)26-19-11-4-2-9-17(19)21(18-10-3-5-12-20(18)26)22-23(26)25(31)28(24(22)30)16-8-6-7-15(27)13-16/h2-13,21-23H,1H3/t21?,22-,23-,26?/m0/s1. The number of hydrogen-bond donors (Lipinski definition) is 0. The summed E-state index contributed by atoms with van der Waals surface area (Å²) in [6.45, 7) is 1.56. The van der Waals surface area contributed by atoms with Crippen molar-refractivity contribution in [2.24, 2.45) is 11.8 Å². The third-order valence-electron chi connectivity index (χ3n) is 7.24. The van der Waals surface area contributed by atoms with E-state index >= 15 is 0 Å². The van der Waals surface area contributed by atoms with Crippen LogP contribution in [0.1, 0.15) is 35.1 Å². The number of anilines is 1. The molecule has 2 atom stereocenters. The molecule has 1 saturated heterocycles. The Labute approximate surface area is 193 Å². The molecule has 0 saturated carbocycles. The maximum absolute atomic E-state index is 13.9. The molecule has 152 valence electrons. The zero-order valence-electron chi connectivity index (χ0n) is 16.7. The maximum atomic E-state index is 13.9. The molecule has 31 heavy (non-hydrogen) atoms. The lowest BCUT2D eigenvalue weighted by atomic mass is 9.46. The zero-order chi connectivity index (χ0) is 21.5. The summed E-state index contributed by atoms with van der Waals surface area (Å²) >= 11 is 2.18. The van der Waals surface area contributed by atoms with Crippen molar-refractivity contribution in [2.75, 3.05) is 4.90 Å². The Bertz CT molecular complexity index is 1270. The fourth-order valence-electron chi connectivity index (χ4n) is 6.24.